The summed E-state index contributed by atoms with van der Waals surface area (Å²) >= 11 is 0. The van der Waals surface area contributed by atoms with E-state index in [2.05, 4.69) is 10.2 Å². The Balaban J connectivity index is 2.00. The van der Waals surface area contributed by atoms with Gasteiger partial charge in [0.25, 0.3) is 14.2 Å². The fraction of sp³-hybridized carbons (Fsp3) is 0.333. The van der Waals surface area contributed by atoms with Crippen LogP contribution in [-0.4, -0.2) is 29.8 Å². The van der Waals surface area contributed by atoms with E-state index in [1.54, 1.807) is 7.05 Å². The molecule has 0 bridgehead atoms. The highest BCUT2D eigenvalue weighted by Gasteiger charge is 2.19. The number of ether oxygens (including phenoxy) is 1. The van der Waals surface area contributed by atoms with E-state index in [9.17, 15) is 8.42 Å². The lowest BCUT2D eigenvalue weighted by atomic mass is 10.2. The smallest absolute Gasteiger partial charge is 0.296 e. The van der Waals surface area contributed by atoms with Crippen LogP contribution >= 0.6 is 10.7 Å². The molecule has 1 heterocycles. The summed E-state index contributed by atoms with van der Waals surface area (Å²) in [5.41, 5.74) is 1.11. The third-order valence-electron chi connectivity index (χ3n) is 2.73. The molecule has 108 valence electrons. The Kier molecular flexibility index (Phi) is 4.29. The fourth-order valence-electron chi connectivity index (χ4n) is 1.74. The molecule has 0 amide bonds. The minimum absolute atomic E-state index is 0.260. The van der Waals surface area contributed by atoms with Crippen LogP contribution in [0.25, 0.3) is 0 Å². The minimum atomic E-state index is -3.87. The number of benzene rings is 1. The van der Waals surface area contributed by atoms with Crippen LogP contribution in [0.2, 0.25) is 0 Å². The number of hydrogen-bond donors (Lipinski definition) is 0. The molecular formula is C12H14ClN3O3S. The number of nitrogens with zero attached hydrogens (tertiary/aromatic N) is 3. The van der Waals surface area contributed by atoms with E-state index in [0.29, 0.717) is 18.9 Å². The van der Waals surface area contributed by atoms with Crippen LogP contribution < -0.4 is 4.74 Å². The normalized spacial score (nSPS) is 11.6. The Morgan fingerprint density at radius 1 is 1.35 bits per heavy atom. The van der Waals surface area contributed by atoms with E-state index < -0.39 is 9.05 Å². The maximum atomic E-state index is 11.2. The van der Waals surface area contributed by atoms with E-state index in [1.165, 1.54) is 4.57 Å². The molecule has 1 aromatic heterocycles. The molecule has 20 heavy (non-hydrogen) atoms. The van der Waals surface area contributed by atoms with E-state index in [4.69, 9.17) is 15.4 Å². The van der Waals surface area contributed by atoms with Crippen molar-refractivity contribution < 1.29 is 13.2 Å². The van der Waals surface area contributed by atoms with Gasteiger partial charge < -0.3 is 9.30 Å². The second-order valence-corrected chi connectivity index (χ2v) is 6.77. The molecule has 2 rings (SSSR count). The molecule has 0 atom stereocenters. The number of hydrogen-bond acceptors (Lipinski definition) is 5. The van der Waals surface area contributed by atoms with Crippen LogP contribution in [0.15, 0.2) is 29.4 Å². The van der Waals surface area contributed by atoms with Gasteiger partial charge in [-0.2, -0.15) is 0 Å². The summed E-state index contributed by atoms with van der Waals surface area (Å²) in [6.07, 6.45) is 0.434. The Labute approximate surface area is 121 Å². The van der Waals surface area contributed by atoms with Gasteiger partial charge in [0.05, 0.1) is 6.61 Å². The number of aromatic nitrogens is 3. The zero-order valence-electron chi connectivity index (χ0n) is 11.1. The number of rotatable bonds is 5. The van der Waals surface area contributed by atoms with E-state index in [1.807, 2.05) is 31.2 Å². The van der Waals surface area contributed by atoms with E-state index >= 15 is 0 Å². The number of aryl methyl sites for hydroxylation is 1. The first-order chi connectivity index (χ1) is 9.38. The summed E-state index contributed by atoms with van der Waals surface area (Å²) in [4.78, 5) is 0. The highest BCUT2D eigenvalue weighted by Crippen LogP contribution is 2.14. The predicted molar refractivity (Wildman–Crippen MR) is 74.4 cm³/mol. The summed E-state index contributed by atoms with van der Waals surface area (Å²) in [7, 11) is 2.92. The van der Waals surface area contributed by atoms with Crippen molar-refractivity contribution in [2.75, 3.05) is 6.61 Å². The number of halogens is 1. The molecule has 0 unspecified atom stereocenters. The molecule has 8 heteroatoms. The average Bonchev–Trinajstić information content (AvgIpc) is 2.71. The molecule has 0 spiro atoms. The van der Waals surface area contributed by atoms with Gasteiger partial charge in [-0.25, -0.2) is 8.42 Å². The second kappa shape index (κ2) is 5.80. The highest BCUT2D eigenvalue weighted by atomic mass is 35.7. The SMILES string of the molecule is Cc1cccc(OCCc2nnc(S(=O)(=O)Cl)n2C)c1. The van der Waals surface area contributed by atoms with Gasteiger partial charge in [-0.1, -0.05) is 12.1 Å². The van der Waals surface area contributed by atoms with Crippen LogP contribution in [0, 0.1) is 6.92 Å². The van der Waals surface area contributed by atoms with Gasteiger partial charge in [-0.05, 0) is 24.6 Å². The molecule has 2 aromatic rings. The van der Waals surface area contributed by atoms with Crippen molar-refractivity contribution in [3.8, 4) is 5.75 Å². The molecule has 0 saturated carbocycles. The highest BCUT2D eigenvalue weighted by molar-refractivity contribution is 8.13. The molecule has 0 aliphatic carbocycles. The quantitative estimate of drug-likeness (QED) is 0.785. The van der Waals surface area contributed by atoms with Gasteiger partial charge >= 0.3 is 0 Å². The minimum Gasteiger partial charge on any atom is -0.493 e. The molecular weight excluding hydrogens is 302 g/mol. The summed E-state index contributed by atoms with van der Waals surface area (Å²) in [6.45, 7) is 2.35. The summed E-state index contributed by atoms with van der Waals surface area (Å²) < 4.78 is 29.3. The first-order valence-electron chi connectivity index (χ1n) is 5.90. The average molecular weight is 316 g/mol. The monoisotopic (exact) mass is 315 g/mol. The van der Waals surface area contributed by atoms with Crippen LogP contribution in [0.4, 0.5) is 0 Å². The largest absolute Gasteiger partial charge is 0.493 e. The molecule has 0 aliphatic heterocycles. The maximum absolute atomic E-state index is 11.2. The predicted octanol–water partition coefficient (Wildman–Crippen LogP) is 1.67. The first-order valence-corrected chi connectivity index (χ1v) is 8.21. The van der Waals surface area contributed by atoms with E-state index in [-0.39, 0.29) is 5.16 Å². The van der Waals surface area contributed by atoms with Crippen LogP contribution in [0.1, 0.15) is 11.4 Å². The third kappa shape index (κ3) is 3.49. The Hall–Kier alpha value is -1.60. The van der Waals surface area contributed by atoms with Gasteiger partial charge in [0.2, 0.25) is 0 Å². The molecule has 1 aromatic carbocycles. The van der Waals surface area contributed by atoms with Crippen molar-refractivity contribution in [2.24, 2.45) is 7.05 Å². The van der Waals surface area contributed by atoms with Gasteiger partial charge in [-0.15, -0.1) is 10.2 Å². The van der Waals surface area contributed by atoms with Gasteiger partial charge in [0.1, 0.15) is 11.6 Å². The van der Waals surface area contributed by atoms with Crippen molar-refractivity contribution in [1.29, 1.82) is 0 Å². The lowest BCUT2D eigenvalue weighted by Gasteiger charge is -2.06. The van der Waals surface area contributed by atoms with Gasteiger partial charge in [0.15, 0.2) is 0 Å². The molecule has 0 aliphatic rings. The summed E-state index contributed by atoms with van der Waals surface area (Å²) in [6, 6.07) is 7.67. The van der Waals surface area contributed by atoms with Crippen molar-refractivity contribution >= 4 is 19.7 Å². The van der Waals surface area contributed by atoms with Crippen molar-refractivity contribution in [3.63, 3.8) is 0 Å². The zero-order valence-corrected chi connectivity index (χ0v) is 12.6. The third-order valence-corrected chi connectivity index (χ3v) is 3.93. The van der Waals surface area contributed by atoms with Crippen molar-refractivity contribution in [2.45, 2.75) is 18.5 Å². The molecule has 0 N–H and O–H groups in total. The summed E-state index contributed by atoms with van der Waals surface area (Å²) in [5, 5.41) is 7.11. The van der Waals surface area contributed by atoms with E-state index in [0.717, 1.165) is 11.3 Å². The van der Waals surface area contributed by atoms with Gasteiger partial charge in [0, 0.05) is 24.2 Å². The lowest BCUT2D eigenvalue weighted by Crippen LogP contribution is -2.09. The van der Waals surface area contributed by atoms with Crippen LogP contribution in [0.5, 0.6) is 5.75 Å². The molecule has 0 radical (unpaired) electrons. The molecule has 0 fully saturated rings. The maximum Gasteiger partial charge on any atom is 0.296 e. The molecule has 0 saturated heterocycles. The van der Waals surface area contributed by atoms with Crippen LogP contribution in [-0.2, 0) is 22.5 Å². The standard InChI is InChI=1S/C12H14ClN3O3S/c1-9-4-3-5-10(8-9)19-7-6-11-14-15-12(16(11)2)20(13,17)18/h3-5,8H,6-7H2,1-2H3. The summed E-state index contributed by atoms with van der Waals surface area (Å²) in [5.74, 6) is 1.26. The Morgan fingerprint density at radius 2 is 2.10 bits per heavy atom. The Bertz CT molecular complexity index is 712. The topological polar surface area (TPSA) is 74.1 Å². The lowest BCUT2D eigenvalue weighted by molar-refractivity contribution is 0.317. The second-order valence-electron chi connectivity index (χ2n) is 4.31. The van der Waals surface area contributed by atoms with Crippen molar-refractivity contribution in [3.05, 3.63) is 35.7 Å². The van der Waals surface area contributed by atoms with Crippen molar-refractivity contribution in [1.82, 2.24) is 14.8 Å². The van der Waals surface area contributed by atoms with Gasteiger partial charge in [-0.3, -0.25) is 0 Å². The first kappa shape index (κ1) is 14.8. The fourth-order valence-corrected chi connectivity index (χ4v) is 2.71. The molecule has 6 nitrogen and oxygen atoms in total. The van der Waals surface area contributed by atoms with Crippen LogP contribution in [0.3, 0.4) is 0 Å². The zero-order chi connectivity index (χ0) is 14.8. The Morgan fingerprint density at radius 3 is 2.70 bits per heavy atom.